The molecule has 2 fully saturated rings. The predicted molar refractivity (Wildman–Crippen MR) is 133 cm³/mol. The van der Waals surface area contributed by atoms with E-state index in [0.29, 0.717) is 0 Å². The molecule has 0 radical (unpaired) electrons. The van der Waals surface area contributed by atoms with Gasteiger partial charge in [0, 0.05) is 62.9 Å². The molecular weight excluding hydrogens is 396 g/mol. The van der Waals surface area contributed by atoms with Gasteiger partial charge in [0.25, 0.3) is 0 Å². The first-order valence-corrected chi connectivity index (χ1v) is 12.2. The standard InChI is InChI=1S/C27H36N4O/c1-32-27-11-5-4-10-26(27)31-17-15-30(16-18-31)21-22-7-6-13-29(20-22)14-12-23-19-28-25-9-3-2-8-24(23)25/h2-5,8-11,19,22,28H,6-7,12-18,20-21H2,1H3. The van der Waals surface area contributed by atoms with Crippen molar-refractivity contribution in [2.24, 2.45) is 5.92 Å². The first-order chi connectivity index (χ1) is 15.8. The highest BCUT2D eigenvalue weighted by atomic mass is 16.5. The van der Waals surface area contributed by atoms with Crippen molar-refractivity contribution in [2.45, 2.75) is 19.3 Å². The fourth-order valence-corrected chi connectivity index (χ4v) is 5.55. The number of anilines is 1. The number of hydrogen-bond donors (Lipinski definition) is 1. The molecular formula is C27H36N4O. The maximum atomic E-state index is 5.57. The summed E-state index contributed by atoms with van der Waals surface area (Å²) in [6, 6.07) is 17.1. The summed E-state index contributed by atoms with van der Waals surface area (Å²) >= 11 is 0. The van der Waals surface area contributed by atoms with Crippen molar-refractivity contribution in [1.82, 2.24) is 14.8 Å². The summed E-state index contributed by atoms with van der Waals surface area (Å²) in [5.41, 5.74) is 3.94. The number of piperazine rings is 1. The molecule has 3 heterocycles. The van der Waals surface area contributed by atoms with Gasteiger partial charge in [-0.05, 0) is 55.5 Å². The molecule has 3 aromatic rings. The van der Waals surface area contributed by atoms with Crippen LogP contribution in [-0.4, -0.2) is 74.3 Å². The highest BCUT2D eigenvalue weighted by Crippen LogP contribution is 2.29. The van der Waals surface area contributed by atoms with Gasteiger partial charge in [0.2, 0.25) is 0 Å². The first kappa shape index (κ1) is 21.4. The lowest BCUT2D eigenvalue weighted by Gasteiger charge is -2.40. The van der Waals surface area contributed by atoms with Crippen LogP contribution in [0.5, 0.6) is 5.75 Å². The highest BCUT2D eigenvalue weighted by molar-refractivity contribution is 5.83. The van der Waals surface area contributed by atoms with Gasteiger partial charge < -0.3 is 19.5 Å². The van der Waals surface area contributed by atoms with Gasteiger partial charge in [0.05, 0.1) is 12.8 Å². The van der Waals surface area contributed by atoms with Crippen LogP contribution < -0.4 is 9.64 Å². The minimum atomic E-state index is 0.796. The number of nitrogens with zero attached hydrogens (tertiary/aromatic N) is 3. The van der Waals surface area contributed by atoms with Crippen LogP contribution in [0, 0.1) is 5.92 Å². The van der Waals surface area contributed by atoms with E-state index in [0.717, 1.165) is 44.3 Å². The van der Waals surface area contributed by atoms with Crippen molar-refractivity contribution in [3.8, 4) is 5.75 Å². The van der Waals surface area contributed by atoms with Crippen molar-refractivity contribution >= 4 is 16.6 Å². The Hall–Kier alpha value is -2.50. The van der Waals surface area contributed by atoms with E-state index in [2.05, 4.69) is 68.3 Å². The molecule has 1 unspecified atom stereocenters. The molecule has 0 spiro atoms. The lowest BCUT2D eigenvalue weighted by atomic mass is 9.96. The number of para-hydroxylation sites is 3. The Morgan fingerprint density at radius 2 is 1.75 bits per heavy atom. The van der Waals surface area contributed by atoms with Crippen LogP contribution in [0.15, 0.2) is 54.7 Å². The maximum absolute atomic E-state index is 5.57. The third kappa shape index (κ3) is 4.79. The molecule has 2 saturated heterocycles. The summed E-state index contributed by atoms with van der Waals surface area (Å²) in [6.45, 7) is 9.35. The Balaban J connectivity index is 1.10. The molecule has 0 amide bonds. The Kier molecular flexibility index (Phi) is 6.65. The largest absolute Gasteiger partial charge is 0.495 e. The molecule has 32 heavy (non-hydrogen) atoms. The third-order valence-corrected chi connectivity index (χ3v) is 7.29. The lowest BCUT2D eigenvalue weighted by Crippen LogP contribution is -2.49. The number of fused-ring (bicyclic) bond motifs is 1. The Morgan fingerprint density at radius 3 is 2.62 bits per heavy atom. The van der Waals surface area contributed by atoms with E-state index in [1.54, 1.807) is 7.11 Å². The molecule has 1 aromatic heterocycles. The summed E-state index contributed by atoms with van der Waals surface area (Å²) in [5, 5.41) is 1.38. The zero-order valence-electron chi connectivity index (χ0n) is 19.3. The maximum Gasteiger partial charge on any atom is 0.142 e. The summed E-state index contributed by atoms with van der Waals surface area (Å²) in [5.74, 6) is 1.78. The van der Waals surface area contributed by atoms with Crippen LogP contribution in [-0.2, 0) is 6.42 Å². The summed E-state index contributed by atoms with van der Waals surface area (Å²) < 4.78 is 5.57. The van der Waals surface area contributed by atoms with Crippen LogP contribution in [0.3, 0.4) is 0 Å². The second kappa shape index (κ2) is 9.97. The van der Waals surface area contributed by atoms with Gasteiger partial charge in [0.15, 0.2) is 0 Å². The van der Waals surface area contributed by atoms with E-state index in [-0.39, 0.29) is 0 Å². The molecule has 1 atom stereocenters. The van der Waals surface area contributed by atoms with Crippen LogP contribution in [0.25, 0.3) is 10.9 Å². The fourth-order valence-electron chi connectivity index (χ4n) is 5.55. The number of piperidine rings is 1. The van der Waals surface area contributed by atoms with Gasteiger partial charge in [-0.25, -0.2) is 0 Å². The molecule has 2 aromatic carbocycles. The SMILES string of the molecule is COc1ccccc1N1CCN(CC2CCCN(CCc3c[nH]c4ccccc34)C2)CC1. The Morgan fingerprint density at radius 1 is 0.938 bits per heavy atom. The summed E-state index contributed by atoms with van der Waals surface area (Å²) in [6.07, 6.45) is 6.04. The van der Waals surface area contributed by atoms with E-state index in [1.165, 1.54) is 61.2 Å². The Bertz CT molecular complexity index is 1010. The first-order valence-electron chi connectivity index (χ1n) is 12.2. The van der Waals surface area contributed by atoms with E-state index in [9.17, 15) is 0 Å². The van der Waals surface area contributed by atoms with E-state index in [1.807, 2.05) is 6.07 Å². The fraction of sp³-hybridized carbons (Fsp3) is 0.481. The number of hydrogen-bond acceptors (Lipinski definition) is 4. The molecule has 5 heteroatoms. The van der Waals surface area contributed by atoms with Crippen molar-refractivity contribution in [1.29, 1.82) is 0 Å². The van der Waals surface area contributed by atoms with Gasteiger partial charge in [-0.3, -0.25) is 4.90 Å². The van der Waals surface area contributed by atoms with Crippen LogP contribution in [0.4, 0.5) is 5.69 Å². The number of aromatic amines is 1. The number of rotatable bonds is 7. The zero-order valence-corrected chi connectivity index (χ0v) is 19.3. The molecule has 1 N–H and O–H groups in total. The van der Waals surface area contributed by atoms with Crippen molar-refractivity contribution in [2.75, 3.05) is 64.4 Å². The minimum Gasteiger partial charge on any atom is -0.495 e. The van der Waals surface area contributed by atoms with Crippen molar-refractivity contribution in [3.05, 3.63) is 60.3 Å². The quantitative estimate of drug-likeness (QED) is 0.605. The molecule has 0 saturated carbocycles. The predicted octanol–water partition coefficient (Wildman–Crippen LogP) is 4.25. The smallest absolute Gasteiger partial charge is 0.142 e. The number of likely N-dealkylation sites (tertiary alicyclic amines) is 1. The number of benzene rings is 2. The number of ether oxygens (including phenoxy) is 1. The van der Waals surface area contributed by atoms with Gasteiger partial charge >= 0.3 is 0 Å². The second-order valence-corrected chi connectivity index (χ2v) is 9.38. The lowest BCUT2D eigenvalue weighted by molar-refractivity contribution is 0.130. The minimum absolute atomic E-state index is 0.796. The average Bonchev–Trinajstić information content (AvgIpc) is 3.27. The topological polar surface area (TPSA) is 34.7 Å². The highest BCUT2D eigenvalue weighted by Gasteiger charge is 2.25. The van der Waals surface area contributed by atoms with Gasteiger partial charge in [-0.15, -0.1) is 0 Å². The average molecular weight is 433 g/mol. The second-order valence-electron chi connectivity index (χ2n) is 9.38. The molecule has 0 aliphatic carbocycles. The van der Waals surface area contributed by atoms with E-state index >= 15 is 0 Å². The molecule has 2 aliphatic heterocycles. The van der Waals surface area contributed by atoms with Gasteiger partial charge in [-0.1, -0.05) is 30.3 Å². The molecule has 0 bridgehead atoms. The Labute approximate surface area is 192 Å². The summed E-state index contributed by atoms with van der Waals surface area (Å²) in [4.78, 5) is 11.3. The number of methoxy groups -OCH3 is 1. The molecule has 5 rings (SSSR count). The van der Waals surface area contributed by atoms with Crippen LogP contribution in [0.2, 0.25) is 0 Å². The number of nitrogens with one attached hydrogen (secondary N) is 1. The summed E-state index contributed by atoms with van der Waals surface area (Å²) in [7, 11) is 1.77. The number of aromatic nitrogens is 1. The molecule has 5 nitrogen and oxygen atoms in total. The van der Waals surface area contributed by atoms with Gasteiger partial charge in [-0.2, -0.15) is 0 Å². The van der Waals surface area contributed by atoms with Crippen LogP contribution in [0.1, 0.15) is 18.4 Å². The van der Waals surface area contributed by atoms with Crippen molar-refractivity contribution in [3.63, 3.8) is 0 Å². The van der Waals surface area contributed by atoms with E-state index < -0.39 is 0 Å². The zero-order chi connectivity index (χ0) is 21.8. The monoisotopic (exact) mass is 432 g/mol. The van der Waals surface area contributed by atoms with Crippen LogP contribution >= 0.6 is 0 Å². The van der Waals surface area contributed by atoms with Crippen molar-refractivity contribution < 1.29 is 4.74 Å². The molecule has 170 valence electrons. The third-order valence-electron chi connectivity index (χ3n) is 7.29. The normalized spacial score (nSPS) is 20.7. The molecule has 2 aliphatic rings. The van der Waals surface area contributed by atoms with Gasteiger partial charge in [0.1, 0.15) is 5.75 Å². The number of H-pyrrole nitrogens is 1. The van der Waals surface area contributed by atoms with E-state index in [4.69, 9.17) is 4.74 Å².